The van der Waals surface area contributed by atoms with Gasteiger partial charge in [-0.3, -0.25) is 62.3 Å². The van der Waals surface area contributed by atoms with Gasteiger partial charge in [-0.2, -0.15) is 0 Å². The molecule has 0 aromatic heterocycles. The molecule has 0 saturated carbocycles. The second-order valence-electron chi connectivity index (χ2n) is 26.8. The van der Waals surface area contributed by atoms with E-state index in [0.717, 1.165) is 0 Å². The molecule has 16 atom stereocenters. The minimum Gasteiger partial charge on any atom is -0.463 e. The largest absolute Gasteiger partial charge is 0.463 e. The first-order valence-corrected chi connectivity index (χ1v) is 38.3. The Morgan fingerprint density at radius 1 is 0.333 bits per heavy atom. The van der Waals surface area contributed by atoms with Crippen LogP contribution >= 0.6 is 0 Å². The molecule has 114 heavy (non-hydrogen) atoms. The van der Waals surface area contributed by atoms with Crippen LogP contribution in [0.4, 0.5) is 0 Å². The van der Waals surface area contributed by atoms with Crippen molar-refractivity contribution >= 4 is 77.2 Å². The molecule has 654 valence electrons. The lowest BCUT2D eigenvalue weighted by atomic mass is 9.84. The maximum absolute atomic E-state index is 13.2. The number of ether oxygens (including phenoxy) is 23. The van der Waals surface area contributed by atoms with Gasteiger partial charge in [0.2, 0.25) is 23.6 Å². The zero-order chi connectivity index (χ0) is 84.4. The van der Waals surface area contributed by atoms with Crippen molar-refractivity contribution in [3.05, 3.63) is 0 Å². The van der Waals surface area contributed by atoms with Gasteiger partial charge in [0.05, 0.1) is 139 Å². The molecule has 0 aliphatic carbocycles. The molecule has 3 heterocycles. The Hall–Kier alpha value is -7.29. The SMILES string of the molecule is CCC(=O)CC(COCCC(=O)NCCOCCOCCOC1O[C@H](COC(C)=O)[C@H](OC(C)=O)[C@H](OC(C)=O)[C@H]1C)(COCCC(=O)NCCOCCOCCO[C@@H]1O[C@H](COC(C)=O)[C@H](OC(C)=O)[C@H](OC(C)=O)[C@H]1C)COCCC(=O)NCCOCCOCCO[C@@H]1O[C@H](CC)[C@H](OC(C)=O)[C@H](OC(C)=O)[C@H]1NC(C)=O. The fourth-order valence-electron chi connectivity index (χ4n) is 11.8. The number of esters is 8. The Balaban J connectivity index is 1.47. The molecule has 40 nitrogen and oxygen atoms in total. The van der Waals surface area contributed by atoms with Gasteiger partial charge in [0, 0.05) is 131 Å². The number of Topliss-reactive ketones (excluding diaryl/α,β-unsaturated/α-hetero) is 1. The quantitative estimate of drug-likeness (QED) is 0.0357. The average Bonchev–Trinajstić information content (AvgIpc) is 0.798. The lowest BCUT2D eigenvalue weighted by molar-refractivity contribution is -0.290. The summed E-state index contributed by atoms with van der Waals surface area (Å²) in [5.74, 6) is -7.89. The molecular weight excluding hydrogens is 1520 g/mol. The lowest BCUT2D eigenvalue weighted by Crippen LogP contribution is -2.65. The van der Waals surface area contributed by atoms with Gasteiger partial charge < -0.3 is 130 Å². The Morgan fingerprint density at radius 3 is 0.947 bits per heavy atom. The number of rotatable bonds is 60. The van der Waals surface area contributed by atoms with E-state index in [4.69, 9.17) is 109 Å². The van der Waals surface area contributed by atoms with Crippen LogP contribution < -0.4 is 21.3 Å². The zero-order valence-electron chi connectivity index (χ0n) is 68.0. The summed E-state index contributed by atoms with van der Waals surface area (Å²) in [6, 6.07) is -1.01. The Bertz CT molecular complexity index is 2790. The second-order valence-corrected chi connectivity index (χ2v) is 26.8. The number of carbonyl (C=O) groups is 13. The first-order chi connectivity index (χ1) is 54.4. The van der Waals surface area contributed by atoms with Gasteiger partial charge >= 0.3 is 47.8 Å². The van der Waals surface area contributed by atoms with Gasteiger partial charge in [-0.1, -0.05) is 27.7 Å². The van der Waals surface area contributed by atoms with E-state index < -0.39 is 151 Å². The summed E-state index contributed by atoms with van der Waals surface area (Å²) in [5, 5.41) is 11.0. The van der Waals surface area contributed by atoms with Crippen molar-refractivity contribution in [2.24, 2.45) is 17.3 Å². The maximum Gasteiger partial charge on any atom is 0.303 e. The first-order valence-electron chi connectivity index (χ1n) is 38.3. The number of carbonyl (C=O) groups excluding carboxylic acids is 13. The number of nitrogens with one attached hydrogen (secondary N) is 4. The standard InChI is InChI=1S/C74H122N4O36/c1-14-57(88)40-74(43-98-22-16-61(89)75-19-25-92-28-31-95-34-37-101-71-46(3)65(106-51(8)82)68(109-54(11)85)59(113-71)41-104-49(6)80,44-99-23-17-62(90)76-20-26-93-29-32-96-35-38-102-72-47(4)66(107-52(9)83)69(110-55(12)86)60(114-72)42-105-50(7)81)45-100-24-18-63(91)77-21-27-94-30-33-97-36-39-103-73-64(78-48(5)79)70(111-56(13)87)67(108-53(10)84)58(15-2)112-73/h46-47,58-60,64-73H,14-45H2,1-13H3,(H,75,89)(H,76,90)(H,77,91)(H,78,79)/t46-,47-,58-,59-,60-,64-,65-,66-,67+,68+,69+,70-,71-,72?,73-,74?/m1/s1. The summed E-state index contributed by atoms with van der Waals surface area (Å²) in [4.78, 5) is 159. The predicted molar refractivity (Wildman–Crippen MR) is 389 cm³/mol. The van der Waals surface area contributed by atoms with Crippen molar-refractivity contribution in [2.75, 3.05) is 172 Å². The van der Waals surface area contributed by atoms with E-state index in [-0.39, 0.29) is 227 Å². The summed E-state index contributed by atoms with van der Waals surface area (Å²) >= 11 is 0. The maximum atomic E-state index is 13.2. The third-order valence-electron chi connectivity index (χ3n) is 17.0. The van der Waals surface area contributed by atoms with Crippen LogP contribution in [-0.2, 0) is 171 Å². The molecule has 0 bridgehead atoms. The normalized spacial score (nSPS) is 23.8. The Labute approximate surface area is 664 Å². The van der Waals surface area contributed by atoms with E-state index in [1.54, 1.807) is 27.7 Å². The topological polar surface area (TPSA) is 482 Å². The molecule has 0 aromatic carbocycles. The molecule has 3 rings (SSSR count). The highest BCUT2D eigenvalue weighted by molar-refractivity contribution is 5.79. The molecule has 3 saturated heterocycles. The van der Waals surface area contributed by atoms with Crippen LogP contribution in [0.25, 0.3) is 0 Å². The minimum atomic E-state index is -1.12. The summed E-state index contributed by atoms with van der Waals surface area (Å²) in [5.41, 5.74) is -1.12. The van der Waals surface area contributed by atoms with E-state index in [9.17, 15) is 62.3 Å². The molecule has 4 N–H and O–H groups in total. The van der Waals surface area contributed by atoms with E-state index in [0.29, 0.717) is 6.42 Å². The van der Waals surface area contributed by atoms with Crippen molar-refractivity contribution < 1.29 is 171 Å². The molecular formula is C74H122N4O36. The Kier molecular flexibility index (Phi) is 51.1. The number of hydrogen-bond donors (Lipinski definition) is 4. The van der Waals surface area contributed by atoms with Gasteiger partial charge in [0.1, 0.15) is 55.6 Å². The fourth-order valence-corrected chi connectivity index (χ4v) is 11.8. The molecule has 0 aromatic rings. The average molecular weight is 1640 g/mol. The van der Waals surface area contributed by atoms with E-state index in [2.05, 4.69) is 21.3 Å². The fraction of sp³-hybridized carbons (Fsp3) is 0.824. The number of amides is 4. The van der Waals surface area contributed by atoms with Crippen molar-refractivity contribution in [2.45, 2.75) is 208 Å². The second kappa shape index (κ2) is 57.7. The lowest BCUT2D eigenvalue weighted by Gasteiger charge is -2.45. The van der Waals surface area contributed by atoms with Crippen LogP contribution in [0.15, 0.2) is 0 Å². The molecule has 3 aliphatic rings. The number of hydrogen-bond acceptors (Lipinski definition) is 36. The van der Waals surface area contributed by atoms with Crippen LogP contribution in [0.1, 0.15) is 129 Å². The van der Waals surface area contributed by atoms with Gasteiger partial charge in [0.25, 0.3) is 0 Å². The highest BCUT2D eigenvalue weighted by Gasteiger charge is 2.52. The monoisotopic (exact) mass is 1640 g/mol. The highest BCUT2D eigenvalue weighted by Crippen LogP contribution is 2.35. The van der Waals surface area contributed by atoms with Crippen molar-refractivity contribution in [3.63, 3.8) is 0 Å². The van der Waals surface area contributed by atoms with Crippen LogP contribution in [0, 0.1) is 17.3 Å². The Morgan fingerprint density at radius 2 is 0.632 bits per heavy atom. The van der Waals surface area contributed by atoms with Crippen molar-refractivity contribution in [3.8, 4) is 0 Å². The molecule has 2 unspecified atom stereocenters. The molecule has 4 amide bonds. The first kappa shape index (κ1) is 101. The summed E-state index contributed by atoms with van der Waals surface area (Å²) in [7, 11) is 0. The molecule has 0 spiro atoms. The minimum absolute atomic E-state index is 0.00566. The summed E-state index contributed by atoms with van der Waals surface area (Å²) in [6.07, 6.45) is -11.6. The van der Waals surface area contributed by atoms with Gasteiger partial charge in [-0.25, -0.2) is 0 Å². The van der Waals surface area contributed by atoms with Crippen LogP contribution in [0.2, 0.25) is 0 Å². The zero-order valence-corrected chi connectivity index (χ0v) is 68.0. The smallest absolute Gasteiger partial charge is 0.303 e. The number of ketones is 1. The van der Waals surface area contributed by atoms with Crippen LogP contribution in [-0.4, -0.2) is 329 Å². The molecule has 0 radical (unpaired) electrons. The van der Waals surface area contributed by atoms with Gasteiger partial charge in [-0.05, 0) is 6.42 Å². The van der Waals surface area contributed by atoms with Crippen LogP contribution in [0.3, 0.4) is 0 Å². The van der Waals surface area contributed by atoms with Gasteiger partial charge in [-0.15, -0.1) is 0 Å². The molecule has 3 aliphatic heterocycles. The third kappa shape index (κ3) is 42.5. The summed E-state index contributed by atoms with van der Waals surface area (Å²) in [6.45, 7) is 19.0. The van der Waals surface area contributed by atoms with Crippen molar-refractivity contribution in [1.29, 1.82) is 0 Å². The van der Waals surface area contributed by atoms with Crippen molar-refractivity contribution in [1.82, 2.24) is 21.3 Å². The van der Waals surface area contributed by atoms with Gasteiger partial charge in [0.15, 0.2) is 43.3 Å². The molecule has 40 heteroatoms. The highest BCUT2D eigenvalue weighted by atomic mass is 16.7. The van der Waals surface area contributed by atoms with E-state index in [1.165, 1.54) is 62.3 Å². The predicted octanol–water partition coefficient (Wildman–Crippen LogP) is 0.138. The van der Waals surface area contributed by atoms with E-state index in [1.807, 2.05) is 0 Å². The molecule has 3 fully saturated rings. The van der Waals surface area contributed by atoms with E-state index >= 15 is 0 Å². The summed E-state index contributed by atoms with van der Waals surface area (Å²) < 4.78 is 131. The van der Waals surface area contributed by atoms with Crippen LogP contribution in [0.5, 0.6) is 0 Å². The third-order valence-corrected chi connectivity index (χ3v) is 17.0.